The maximum Gasteiger partial charge on any atom is 0.326 e. The Morgan fingerprint density at radius 3 is 2.32 bits per heavy atom. The first-order valence-electron chi connectivity index (χ1n) is 12.6. The van der Waals surface area contributed by atoms with Gasteiger partial charge in [-0.2, -0.15) is 0 Å². The SMILES string of the molecule is CCN(C[C@H]1N[C@@](CC)(C(=O)OC)[C@H]2C(=O)N(Cc3ccccc3)C(=O)[C@@H]12)C(=O)Nc1ccc(C)cc1. The number of amides is 4. The van der Waals surface area contributed by atoms with Gasteiger partial charge >= 0.3 is 12.0 Å². The molecule has 2 saturated heterocycles. The van der Waals surface area contributed by atoms with Crippen molar-refractivity contribution in [2.75, 3.05) is 25.5 Å². The standard InChI is InChI=1S/C28H34N4O5/c1-5-28(26(35)37-4)23-22(24(33)32(25(23)34)16-19-10-8-7-9-11-19)21(30-28)17-31(6-2)27(36)29-20-14-12-18(3)13-15-20/h7-15,21-23,30H,5-6,16-17H2,1-4H3,(H,29,36)/t21-,22+,23-,28-/m1/s1. The van der Waals surface area contributed by atoms with Crippen molar-refractivity contribution < 1.29 is 23.9 Å². The van der Waals surface area contributed by atoms with Crippen molar-refractivity contribution in [3.63, 3.8) is 0 Å². The molecule has 2 fully saturated rings. The highest BCUT2D eigenvalue weighted by molar-refractivity contribution is 6.09. The molecule has 2 N–H and O–H groups in total. The zero-order valence-corrected chi connectivity index (χ0v) is 21.7. The van der Waals surface area contributed by atoms with Gasteiger partial charge in [-0.25, -0.2) is 4.79 Å². The lowest BCUT2D eigenvalue weighted by Gasteiger charge is -2.32. The molecule has 2 aromatic carbocycles. The quantitative estimate of drug-likeness (QED) is 0.421. The monoisotopic (exact) mass is 506 g/mol. The summed E-state index contributed by atoms with van der Waals surface area (Å²) in [5.41, 5.74) is 1.20. The molecule has 0 aromatic heterocycles. The number of aryl methyl sites for hydroxylation is 1. The van der Waals surface area contributed by atoms with Crippen LogP contribution in [-0.2, 0) is 25.7 Å². The third-order valence-electron chi connectivity index (χ3n) is 7.53. The Balaban J connectivity index is 1.62. The second-order valence-corrected chi connectivity index (χ2v) is 9.65. The molecule has 0 spiro atoms. The summed E-state index contributed by atoms with van der Waals surface area (Å²) >= 11 is 0. The molecule has 0 saturated carbocycles. The molecule has 0 unspecified atom stereocenters. The minimum absolute atomic E-state index is 0.130. The molecule has 9 heteroatoms. The van der Waals surface area contributed by atoms with Crippen LogP contribution in [0.4, 0.5) is 10.5 Å². The van der Waals surface area contributed by atoms with Crippen LogP contribution in [0, 0.1) is 18.8 Å². The predicted octanol–water partition coefficient (Wildman–Crippen LogP) is 2.94. The van der Waals surface area contributed by atoms with Crippen LogP contribution >= 0.6 is 0 Å². The van der Waals surface area contributed by atoms with Crippen LogP contribution in [0.3, 0.4) is 0 Å². The number of nitrogens with one attached hydrogen (secondary N) is 2. The molecule has 2 aliphatic heterocycles. The number of hydrogen-bond acceptors (Lipinski definition) is 6. The number of hydrogen-bond donors (Lipinski definition) is 2. The number of benzene rings is 2. The molecule has 0 bridgehead atoms. The summed E-state index contributed by atoms with van der Waals surface area (Å²) in [6.07, 6.45) is 0.261. The zero-order chi connectivity index (χ0) is 26.7. The molecule has 196 valence electrons. The molecule has 37 heavy (non-hydrogen) atoms. The summed E-state index contributed by atoms with van der Waals surface area (Å²) in [4.78, 5) is 56.4. The van der Waals surface area contributed by atoms with Crippen molar-refractivity contribution in [2.45, 2.75) is 45.3 Å². The second kappa shape index (κ2) is 10.7. The number of carbonyl (C=O) groups excluding carboxylic acids is 4. The van der Waals surface area contributed by atoms with E-state index in [0.29, 0.717) is 12.2 Å². The number of fused-ring (bicyclic) bond motifs is 1. The van der Waals surface area contributed by atoms with E-state index in [1.807, 2.05) is 68.4 Å². The summed E-state index contributed by atoms with van der Waals surface area (Å²) in [7, 11) is 1.28. The molecule has 4 amide bonds. The first-order valence-corrected chi connectivity index (χ1v) is 12.6. The molecular weight excluding hydrogens is 472 g/mol. The number of rotatable bonds is 8. The topological polar surface area (TPSA) is 108 Å². The number of anilines is 1. The molecular formula is C28H34N4O5. The fraction of sp³-hybridized carbons (Fsp3) is 0.429. The fourth-order valence-electron chi connectivity index (χ4n) is 5.53. The average molecular weight is 507 g/mol. The van der Waals surface area contributed by atoms with Crippen molar-refractivity contribution in [3.05, 3.63) is 65.7 Å². The number of likely N-dealkylation sites (tertiary alicyclic amines) is 1. The van der Waals surface area contributed by atoms with E-state index in [9.17, 15) is 19.2 Å². The largest absolute Gasteiger partial charge is 0.468 e. The van der Waals surface area contributed by atoms with Gasteiger partial charge < -0.3 is 15.0 Å². The smallest absolute Gasteiger partial charge is 0.326 e. The van der Waals surface area contributed by atoms with Crippen LogP contribution < -0.4 is 10.6 Å². The maximum absolute atomic E-state index is 13.7. The Morgan fingerprint density at radius 2 is 1.73 bits per heavy atom. The summed E-state index contributed by atoms with van der Waals surface area (Å²) in [6, 6.07) is 15.8. The van der Waals surface area contributed by atoms with Gasteiger partial charge in [0.25, 0.3) is 0 Å². The van der Waals surface area contributed by atoms with Crippen molar-refractivity contribution in [1.29, 1.82) is 0 Å². The van der Waals surface area contributed by atoms with Gasteiger partial charge in [-0.15, -0.1) is 0 Å². The summed E-state index contributed by atoms with van der Waals surface area (Å²) in [5, 5.41) is 6.17. The van der Waals surface area contributed by atoms with Crippen molar-refractivity contribution in [3.8, 4) is 0 Å². The van der Waals surface area contributed by atoms with Crippen LogP contribution in [0.15, 0.2) is 54.6 Å². The second-order valence-electron chi connectivity index (χ2n) is 9.65. The van der Waals surface area contributed by atoms with Gasteiger partial charge in [-0.05, 0) is 38.0 Å². The number of nitrogens with zero attached hydrogens (tertiary/aromatic N) is 2. The number of urea groups is 1. The number of ether oxygens (including phenoxy) is 1. The third-order valence-corrected chi connectivity index (χ3v) is 7.53. The van der Waals surface area contributed by atoms with Crippen molar-refractivity contribution >= 4 is 29.5 Å². The Kier molecular flexibility index (Phi) is 7.63. The molecule has 4 atom stereocenters. The van der Waals surface area contributed by atoms with E-state index in [2.05, 4.69) is 10.6 Å². The Bertz CT molecular complexity index is 1170. The highest BCUT2D eigenvalue weighted by Gasteiger charge is 2.67. The van der Waals surface area contributed by atoms with Crippen LogP contribution in [0.2, 0.25) is 0 Å². The van der Waals surface area contributed by atoms with Gasteiger partial charge in [0.05, 0.1) is 25.5 Å². The van der Waals surface area contributed by atoms with Crippen LogP contribution in [0.1, 0.15) is 31.4 Å². The molecule has 2 heterocycles. The van der Waals surface area contributed by atoms with E-state index in [0.717, 1.165) is 11.1 Å². The van der Waals surface area contributed by atoms with Crippen molar-refractivity contribution in [2.24, 2.45) is 11.8 Å². The first-order chi connectivity index (χ1) is 17.7. The number of carbonyl (C=O) groups is 4. The molecule has 4 rings (SSSR count). The predicted molar refractivity (Wildman–Crippen MR) is 138 cm³/mol. The Hall–Kier alpha value is -3.72. The van der Waals surface area contributed by atoms with Gasteiger partial charge in [0.15, 0.2) is 0 Å². The molecule has 2 aliphatic rings. The summed E-state index contributed by atoms with van der Waals surface area (Å²) in [6.45, 7) is 6.26. The van der Waals surface area contributed by atoms with Gasteiger partial charge in [-0.3, -0.25) is 24.6 Å². The zero-order valence-electron chi connectivity index (χ0n) is 21.7. The number of likely N-dealkylation sites (N-methyl/N-ethyl adjacent to an activating group) is 1. The van der Waals surface area contributed by atoms with E-state index in [1.54, 1.807) is 11.8 Å². The molecule has 0 aliphatic carbocycles. The third kappa shape index (κ3) is 4.83. The van der Waals surface area contributed by atoms with E-state index < -0.39 is 35.3 Å². The minimum atomic E-state index is -1.35. The summed E-state index contributed by atoms with van der Waals surface area (Å²) < 4.78 is 5.11. The van der Waals surface area contributed by atoms with Gasteiger partial charge in [0, 0.05) is 24.8 Å². The van der Waals surface area contributed by atoms with Crippen molar-refractivity contribution in [1.82, 2.24) is 15.1 Å². The van der Waals surface area contributed by atoms with E-state index >= 15 is 0 Å². The minimum Gasteiger partial charge on any atom is -0.468 e. The Morgan fingerprint density at radius 1 is 1.05 bits per heavy atom. The van der Waals surface area contributed by atoms with Gasteiger partial charge in [0.1, 0.15) is 5.54 Å². The van der Waals surface area contributed by atoms with Gasteiger partial charge in [-0.1, -0.05) is 55.0 Å². The van der Waals surface area contributed by atoms with Crippen LogP contribution in [0.5, 0.6) is 0 Å². The lowest BCUT2D eigenvalue weighted by molar-refractivity contribution is -0.154. The van der Waals surface area contributed by atoms with Crippen LogP contribution in [-0.4, -0.2) is 65.4 Å². The lowest BCUT2D eigenvalue weighted by Crippen LogP contribution is -2.58. The molecule has 9 nitrogen and oxygen atoms in total. The number of esters is 1. The lowest BCUT2D eigenvalue weighted by atomic mass is 9.78. The van der Waals surface area contributed by atoms with E-state index in [1.165, 1.54) is 12.0 Å². The Labute approximate surface area is 217 Å². The molecule has 0 radical (unpaired) electrons. The number of imide groups is 1. The molecule has 2 aromatic rings. The normalized spacial score (nSPS) is 24.6. The highest BCUT2D eigenvalue weighted by atomic mass is 16.5. The average Bonchev–Trinajstić information content (AvgIpc) is 3.37. The maximum atomic E-state index is 13.7. The highest BCUT2D eigenvalue weighted by Crippen LogP contribution is 2.45. The summed E-state index contributed by atoms with van der Waals surface area (Å²) in [5.74, 6) is -3.03. The van der Waals surface area contributed by atoms with Gasteiger partial charge in [0.2, 0.25) is 11.8 Å². The number of methoxy groups -OCH3 is 1. The van der Waals surface area contributed by atoms with Crippen LogP contribution in [0.25, 0.3) is 0 Å². The van der Waals surface area contributed by atoms with E-state index in [-0.39, 0.29) is 31.4 Å². The first kappa shape index (κ1) is 26.3. The fourth-order valence-corrected chi connectivity index (χ4v) is 5.53. The van der Waals surface area contributed by atoms with E-state index in [4.69, 9.17) is 4.74 Å².